The van der Waals surface area contributed by atoms with E-state index < -0.39 is 6.10 Å². The van der Waals surface area contributed by atoms with Gasteiger partial charge in [-0.15, -0.1) is 0 Å². The number of β-amino-alcohol motifs (C(OH)–C–C–N with tert-alkyl or cyclic N) is 1. The van der Waals surface area contributed by atoms with Gasteiger partial charge in [0.1, 0.15) is 0 Å². The maximum absolute atomic E-state index is 10.9. The molecule has 3 N–H and O–H groups in total. The van der Waals surface area contributed by atoms with Crippen LogP contribution < -0.4 is 9.88 Å². The lowest BCUT2D eigenvalue weighted by Gasteiger charge is -2.40. The molecule has 0 spiro atoms. The topological polar surface area (TPSA) is 84.2 Å². The number of hydrogen-bond acceptors (Lipinski definition) is 6. The fraction of sp³-hybridized carbons (Fsp3) is 0.370. The number of nitrogens with one attached hydrogen (secondary N) is 2. The monoisotopic (exact) mass is 472 g/mol. The Labute approximate surface area is 206 Å². The molecule has 8 heteroatoms. The van der Waals surface area contributed by atoms with Crippen LogP contribution in [0, 0.1) is 0 Å². The average molecular weight is 473 g/mol. The van der Waals surface area contributed by atoms with Crippen molar-refractivity contribution < 1.29 is 9.67 Å². The Morgan fingerprint density at radius 1 is 0.971 bits per heavy atom. The van der Waals surface area contributed by atoms with Gasteiger partial charge in [-0.2, -0.15) is 0 Å². The first-order valence-corrected chi connectivity index (χ1v) is 12.4. The lowest BCUT2D eigenvalue weighted by molar-refractivity contribution is -0.683. The summed E-state index contributed by atoms with van der Waals surface area (Å²) in [7, 11) is 0. The number of rotatable bonds is 9. The van der Waals surface area contributed by atoms with E-state index in [0.29, 0.717) is 13.1 Å². The number of aliphatic hydroxyl groups excluding tert-OH is 1. The number of piperazine rings is 1. The standard InChI is InChI=1S/C27H33N7O/c1-2-28-26-24-27(30-19-29-24)34(20-31-26)18-23(35)17-32-13-15-33(16-14-32)25(21-9-5-3-6-10-21)22-11-7-4-8-12-22/h3-12,19-20,23,25,35H,2,13-18H2,1H3,(H,28,29,30)/p+1. The van der Waals surface area contributed by atoms with E-state index in [4.69, 9.17) is 0 Å². The van der Waals surface area contributed by atoms with Crippen molar-refractivity contribution in [1.82, 2.24) is 24.8 Å². The molecule has 1 aliphatic rings. The lowest BCUT2D eigenvalue weighted by Crippen LogP contribution is -2.52. The van der Waals surface area contributed by atoms with Gasteiger partial charge in [-0.05, 0) is 18.1 Å². The van der Waals surface area contributed by atoms with E-state index >= 15 is 0 Å². The molecule has 182 valence electrons. The molecular weight excluding hydrogens is 438 g/mol. The van der Waals surface area contributed by atoms with Crippen molar-refractivity contribution in [3.8, 4) is 0 Å². The molecule has 35 heavy (non-hydrogen) atoms. The van der Waals surface area contributed by atoms with Crippen LogP contribution in [-0.4, -0.2) is 75.2 Å². The van der Waals surface area contributed by atoms with Crippen LogP contribution in [0.2, 0.25) is 0 Å². The molecule has 8 nitrogen and oxygen atoms in total. The molecule has 0 saturated carbocycles. The number of H-pyrrole nitrogens is 1. The molecule has 1 aliphatic heterocycles. The quantitative estimate of drug-likeness (QED) is 0.325. The minimum Gasteiger partial charge on any atom is -0.388 e. The molecule has 1 fully saturated rings. The summed E-state index contributed by atoms with van der Waals surface area (Å²) in [6.45, 7) is 7.67. The molecular formula is C27H34N7O+. The van der Waals surface area contributed by atoms with E-state index in [2.05, 4.69) is 90.7 Å². The van der Waals surface area contributed by atoms with Crippen molar-refractivity contribution in [2.45, 2.75) is 25.6 Å². The van der Waals surface area contributed by atoms with Crippen LogP contribution in [0.15, 0.2) is 73.3 Å². The normalized spacial score (nSPS) is 16.1. The number of hydrogen-bond donors (Lipinski definition) is 3. The van der Waals surface area contributed by atoms with Gasteiger partial charge < -0.3 is 15.4 Å². The summed E-state index contributed by atoms with van der Waals surface area (Å²) in [4.78, 5) is 17.0. The molecule has 2 aromatic carbocycles. The average Bonchev–Trinajstić information content (AvgIpc) is 3.39. The Morgan fingerprint density at radius 2 is 1.63 bits per heavy atom. The number of fused-ring (bicyclic) bond motifs is 1. The number of aromatic amines is 1. The number of aliphatic hydroxyl groups is 1. The zero-order valence-electron chi connectivity index (χ0n) is 20.2. The van der Waals surface area contributed by atoms with Crippen molar-refractivity contribution >= 4 is 17.0 Å². The minimum atomic E-state index is -0.503. The van der Waals surface area contributed by atoms with Gasteiger partial charge in [0.05, 0.1) is 18.7 Å². The molecule has 1 unspecified atom stereocenters. The Balaban J connectivity index is 1.22. The van der Waals surface area contributed by atoms with E-state index in [1.807, 2.05) is 11.5 Å². The minimum absolute atomic E-state index is 0.245. The third-order valence-electron chi connectivity index (χ3n) is 6.68. The van der Waals surface area contributed by atoms with Crippen LogP contribution in [0.5, 0.6) is 0 Å². The van der Waals surface area contributed by atoms with Crippen LogP contribution >= 0.6 is 0 Å². The fourth-order valence-electron chi connectivity index (χ4n) is 5.03. The maximum Gasteiger partial charge on any atom is 0.293 e. The molecule has 5 rings (SSSR count). The summed E-state index contributed by atoms with van der Waals surface area (Å²) >= 11 is 0. The van der Waals surface area contributed by atoms with Crippen molar-refractivity contribution in [3.05, 3.63) is 84.4 Å². The Bertz CT molecular complexity index is 1170. The van der Waals surface area contributed by atoms with Crippen molar-refractivity contribution in [2.75, 3.05) is 44.6 Å². The molecule has 1 atom stereocenters. The second kappa shape index (κ2) is 10.9. The fourth-order valence-corrected chi connectivity index (χ4v) is 5.03. The molecule has 0 aliphatic carbocycles. The smallest absolute Gasteiger partial charge is 0.293 e. The van der Waals surface area contributed by atoms with Crippen LogP contribution in [0.1, 0.15) is 24.1 Å². The molecule has 4 aromatic rings. The SMILES string of the molecule is CCNc1nc[n+](CC(O)CN2CCN(C(c3ccccc3)c3ccccc3)CC2)c2nc[nH]c12. The van der Waals surface area contributed by atoms with Crippen LogP contribution in [0.4, 0.5) is 5.82 Å². The number of benzene rings is 2. The van der Waals surface area contributed by atoms with Crippen molar-refractivity contribution in [1.29, 1.82) is 0 Å². The first kappa shape index (κ1) is 23.4. The van der Waals surface area contributed by atoms with Gasteiger partial charge in [-0.1, -0.05) is 70.6 Å². The highest BCUT2D eigenvalue weighted by atomic mass is 16.3. The summed E-state index contributed by atoms with van der Waals surface area (Å²) in [6, 6.07) is 21.7. The van der Waals surface area contributed by atoms with Crippen molar-refractivity contribution in [3.63, 3.8) is 0 Å². The largest absolute Gasteiger partial charge is 0.388 e. The number of imidazole rings is 1. The van der Waals surface area contributed by atoms with Crippen LogP contribution in [0.25, 0.3) is 11.2 Å². The number of anilines is 1. The first-order chi connectivity index (χ1) is 17.2. The highest BCUT2D eigenvalue weighted by Crippen LogP contribution is 2.29. The van der Waals surface area contributed by atoms with E-state index in [0.717, 1.165) is 49.7 Å². The summed E-state index contributed by atoms with van der Waals surface area (Å²) < 4.78 is 1.93. The van der Waals surface area contributed by atoms with Crippen LogP contribution in [0.3, 0.4) is 0 Å². The molecule has 0 amide bonds. The van der Waals surface area contributed by atoms with Gasteiger partial charge in [0.15, 0.2) is 11.8 Å². The summed E-state index contributed by atoms with van der Waals surface area (Å²) in [5.74, 6) is 0.785. The van der Waals surface area contributed by atoms with E-state index in [1.54, 1.807) is 12.7 Å². The highest BCUT2D eigenvalue weighted by molar-refractivity contribution is 5.79. The van der Waals surface area contributed by atoms with E-state index in [9.17, 15) is 5.11 Å². The third kappa shape index (κ3) is 5.35. The van der Waals surface area contributed by atoms with Gasteiger partial charge in [0, 0.05) is 39.3 Å². The van der Waals surface area contributed by atoms with Gasteiger partial charge in [-0.3, -0.25) is 9.80 Å². The van der Waals surface area contributed by atoms with Crippen molar-refractivity contribution in [2.24, 2.45) is 0 Å². The molecule has 0 radical (unpaired) electrons. The van der Waals surface area contributed by atoms with Crippen LogP contribution in [-0.2, 0) is 6.54 Å². The second-order valence-corrected chi connectivity index (χ2v) is 9.09. The van der Waals surface area contributed by atoms with E-state index in [-0.39, 0.29) is 6.04 Å². The summed E-state index contributed by atoms with van der Waals surface area (Å²) in [5.41, 5.74) is 4.30. The molecule has 1 saturated heterocycles. The highest BCUT2D eigenvalue weighted by Gasteiger charge is 2.27. The zero-order valence-corrected chi connectivity index (χ0v) is 20.2. The molecule has 2 aromatic heterocycles. The van der Waals surface area contributed by atoms with Gasteiger partial charge in [-0.25, -0.2) is 4.57 Å². The molecule has 3 heterocycles. The second-order valence-electron chi connectivity index (χ2n) is 9.09. The molecule has 0 bridgehead atoms. The summed E-state index contributed by atoms with van der Waals surface area (Å²) in [5, 5.41) is 14.1. The number of nitrogens with zero attached hydrogens (tertiary/aromatic N) is 5. The van der Waals surface area contributed by atoms with Gasteiger partial charge in [0.25, 0.3) is 5.65 Å². The predicted molar refractivity (Wildman–Crippen MR) is 137 cm³/mol. The Hall–Kier alpha value is -3.33. The maximum atomic E-state index is 10.9. The number of aromatic nitrogens is 4. The Morgan fingerprint density at radius 3 is 2.26 bits per heavy atom. The third-order valence-corrected chi connectivity index (χ3v) is 6.68. The van der Waals surface area contributed by atoms with Gasteiger partial charge in [0.2, 0.25) is 12.1 Å². The summed E-state index contributed by atoms with van der Waals surface area (Å²) in [6.07, 6.45) is 2.93. The Kier molecular flexibility index (Phi) is 7.32. The van der Waals surface area contributed by atoms with Gasteiger partial charge >= 0.3 is 0 Å². The predicted octanol–water partition coefficient (Wildman–Crippen LogP) is 2.45. The first-order valence-electron chi connectivity index (χ1n) is 12.4. The van der Waals surface area contributed by atoms with E-state index in [1.165, 1.54) is 11.1 Å². The zero-order chi connectivity index (χ0) is 24.0. The lowest BCUT2D eigenvalue weighted by atomic mass is 9.96.